The molecule has 1 aromatic rings. The van der Waals surface area contributed by atoms with E-state index < -0.39 is 0 Å². The predicted octanol–water partition coefficient (Wildman–Crippen LogP) is 2.94. The Kier molecular flexibility index (Phi) is 5.27. The van der Waals surface area contributed by atoms with Gasteiger partial charge in [-0.25, -0.2) is 0 Å². The van der Waals surface area contributed by atoms with E-state index >= 15 is 0 Å². The lowest BCUT2D eigenvalue weighted by molar-refractivity contribution is -0.122. The molecule has 2 rings (SSSR count). The normalized spacial score (nSPS) is 17.3. The van der Waals surface area contributed by atoms with Crippen molar-refractivity contribution >= 4 is 11.6 Å². The SMILES string of the molecule is COc1ccc(N[C@H](C)C(=O)NC2CCCCC2)cc1. The second-order valence-electron chi connectivity index (χ2n) is 5.44. The first-order valence-electron chi connectivity index (χ1n) is 7.40. The van der Waals surface area contributed by atoms with Crippen molar-refractivity contribution in [2.75, 3.05) is 12.4 Å². The minimum Gasteiger partial charge on any atom is -0.497 e. The molecule has 0 aromatic heterocycles. The number of amides is 1. The van der Waals surface area contributed by atoms with Gasteiger partial charge >= 0.3 is 0 Å². The predicted molar refractivity (Wildman–Crippen MR) is 81.1 cm³/mol. The van der Waals surface area contributed by atoms with E-state index in [1.807, 2.05) is 31.2 Å². The van der Waals surface area contributed by atoms with Crippen molar-refractivity contribution in [2.24, 2.45) is 0 Å². The van der Waals surface area contributed by atoms with Gasteiger partial charge in [0.2, 0.25) is 5.91 Å². The summed E-state index contributed by atoms with van der Waals surface area (Å²) in [6, 6.07) is 7.73. The molecule has 4 nitrogen and oxygen atoms in total. The van der Waals surface area contributed by atoms with Crippen LogP contribution in [0.2, 0.25) is 0 Å². The van der Waals surface area contributed by atoms with Crippen molar-refractivity contribution in [1.29, 1.82) is 0 Å². The Balaban J connectivity index is 1.83. The Labute approximate surface area is 120 Å². The van der Waals surface area contributed by atoms with Gasteiger partial charge in [-0.2, -0.15) is 0 Å². The summed E-state index contributed by atoms with van der Waals surface area (Å²) >= 11 is 0. The van der Waals surface area contributed by atoms with Crippen LogP contribution in [-0.4, -0.2) is 25.1 Å². The lowest BCUT2D eigenvalue weighted by Crippen LogP contribution is -2.43. The molecule has 0 saturated heterocycles. The van der Waals surface area contributed by atoms with Crippen LogP contribution < -0.4 is 15.4 Å². The minimum atomic E-state index is -0.231. The summed E-state index contributed by atoms with van der Waals surface area (Å²) in [7, 11) is 1.64. The van der Waals surface area contributed by atoms with Crippen LogP contribution in [0.1, 0.15) is 39.0 Å². The summed E-state index contributed by atoms with van der Waals surface area (Å²) in [5, 5.41) is 6.35. The Morgan fingerprint density at radius 3 is 2.45 bits per heavy atom. The third-order valence-corrected chi connectivity index (χ3v) is 3.82. The molecule has 4 heteroatoms. The minimum absolute atomic E-state index is 0.0766. The molecule has 0 heterocycles. The third kappa shape index (κ3) is 4.15. The molecule has 1 fully saturated rings. The van der Waals surface area contributed by atoms with E-state index in [0.29, 0.717) is 6.04 Å². The number of nitrogens with one attached hydrogen (secondary N) is 2. The Morgan fingerprint density at radius 1 is 1.20 bits per heavy atom. The molecule has 1 amide bonds. The van der Waals surface area contributed by atoms with Crippen LogP contribution in [0, 0.1) is 0 Å². The molecule has 110 valence electrons. The highest BCUT2D eigenvalue weighted by molar-refractivity contribution is 5.84. The molecule has 0 spiro atoms. The summed E-state index contributed by atoms with van der Waals surface area (Å²) in [6.45, 7) is 1.89. The van der Waals surface area contributed by atoms with Gasteiger partial charge in [0.1, 0.15) is 11.8 Å². The fourth-order valence-corrected chi connectivity index (χ4v) is 2.58. The van der Waals surface area contributed by atoms with Crippen LogP contribution in [0.15, 0.2) is 24.3 Å². The molecule has 0 aliphatic heterocycles. The molecule has 1 aliphatic rings. The second kappa shape index (κ2) is 7.17. The number of benzene rings is 1. The van der Waals surface area contributed by atoms with E-state index in [1.165, 1.54) is 19.3 Å². The first-order valence-corrected chi connectivity index (χ1v) is 7.40. The molecule has 0 unspecified atom stereocenters. The van der Waals surface area contributed by atoms with E-state index in [9.17, 15) is 4.79 Å². The molecule has 1 saturated carbocycles. The van der Waals surface area contributed by atoms with Crippen LogP contribution >= 0.6 is 0 Å². The summed E-state index contributed by atoms with van der Waals surface area (Å²) in [6.07, 6.45) is 5.98. The highest BCUT2D eigenvalue weighted by atomic mass is 16.5. The maximum absolute atomic E-state index is 12.1. The van der Waals surface area contributed by atoms with Crippen molar-refractivity contribution in [3.8, 4) is 5.75 Å². The number of carbonyl (C=O) groups excluding carboxylic acids is 1. The zero-order chi connectivity index (χ0) is 14.4. The highest BCUT2D eigenvalue weighted by Gasteiger charge is 2.19. The first-order chi connectivity index (χ1) is 9.69. The van der Waals surface area contributed by atoms with E-state index in [-0.39, 0.29) is 11.9 Å². The van der Waals surface area contributed by atoms with Crippen LogP contribution in [0.5, 0.6) is 5.75 Å². The molecule has 20 heavy (non-hydrogen) atoms. The number of rotatable bonds is 5. The smallest absolute Gasteiger partial charge is 0.242 e. The largest absolute Gasteiger partial charge is 0.497 e. The monoisotopic (exact) mass is 276 g/mol. The lowest BCUT2D eigenvalue weighted by atomic mass is 9.95. The van der Waals surface area contributed by atoms with Gasteiger partial charge in [0.25, 0.3) is 0 Å². The quantitative estimate of drug-likeness (QED) is 0.869. The summed E-state index contributed by atoms with van der Waals surface area (Å²) in [4.78, 5) is 12.1. The lowest BCUT2D eigenvalue weighted by Gasteiger charge is -2.25. The summed E-state index contributed by atoms with van der Waals surface area (Å²) in [5.41, 5.74) is 0.928. The van der Waals surface area contributed by atoms with Crippen molar-refractivity contribution < 1.29 is 9.53 Å². The maximum Gasteiger partial charge on any atom is 0.242 e. The van der Waals surface area contributed by atoms with Gasteiger partial charge in [-0.3, -0.25) is 4.79 Å². The van der Waals surface area contributed by atoms with Gasteiger partial charge < -0.3 is 15.4 Å². The Hall–Kier alpha value is -1.71. The molecule has 2 N–H and O–H groups in total. The number of hydrogen-bond donors (Lipinski definition) is 2. The van der Waals surface area contributed by atoms with E-state index in [2.05, 4.69) is 10.6 Å². The number of methoxy groups -OCH3 is 1. The van der Waals surface area contributed by atoms with E-state index in [1.54, 1.807) is 7.11 Å². The number of anilines is 1. The maximum atomic E-state index is 12.1. The zero-order valence-corrected chi connectivity index (χ0v) is 12.3. The topological polar surface area (TPSA) is 50.4 Å². The van der Waals surface area contributed by atoms with Crippen LogP contribution in [-0.2, 0) is 4.79 Å². The fraction of sp³-hybridized carbons (Fsp3) is 0.562. The number of carbonyl (C=O) groups is 1. The van der Waals surface area contributed by atoms with Gasteiger partial charge in [0.05, 0.1) is 7.11 Å². The van der Waals surface area contributed by atoms with Gasteiger partial charge in [-0.1, -0.05) is 19.3 Å². The van der Waals surface area contributed by atoms with Gasteiger partial charge in [-0.05, 0) is 44.0 Å². The molecule has 1 aliphatic carbocycles. The first kappa shape index (κ1) is 14.7. The van der Waals surface area contributed by atoms with Crippen molar-refractivity contribution in [3.05, 3.63) is 24.3 Å². The standard InChI is InChI=1S/C16H24N2O2/c1-12(16(19)18-13-6-4-3-5-7-13)17-14-8-10-15(20-2)11-9-14/h8-13,17H,3-7H2,1-2H3,(H,18,19)/t12-/m1/s1. The van der Waals surface area contributed by atoms with Gasteiger partial charge in [0.15, 0.2) is 0 Å². The summed E-state index contributed by atoms with van der Waals surface area (Å²) < 4.78 is 5.12. The molecular weight excluding hydrogens is 252 g/mol. The van der Waals surface area contributed by atoms with Crippen LogP contribution in [0.3, 0.4) is 0 Å². The fourth-order valence-electron chi connectivity index (χ4n) is 2.58. The Bertz CT molecular complexity index is 425. The third-order valence-electron chi connectivity index (χ3n) is 3.82. The average molecular weight is 276 g/mol. The molecule has 1 aromatic carbocycles. The van der Waals surface area contributed by atoms with E-state index in [0.717, 1.165) is 24.3 Å². The molecule has 0 radical (unpaired) electrons. The summed E-state index contributed by atoms with van der Waals surface area (Å²) in [5.74, 6) is 0.891. The van der Waals surface area contributed by atoms with Crippen molar-refractivity contribution in [2.45, 2.75) is 51.1 Å². The van der Waals surface area contributed by atoms with Crippen molar-refractivity contribution in [3.63, 3.8) is 0 Å². The molecular formula is C16H24N2O2. The van der Waals surface area contributed by atoms with E-state index in [4.69, 9.17) is 4.74 Å². The number of hydrogen-bond acceptors (Lipinski definition) is 3. The van der Waals surface area contributed by atoms with Gasteiger partial charge in [-0.15, -0.1) is 0 Å². The highest BCUT2D eigenvalue weighted by Crippen LogP contribution is 2.18. The van der Waals surface area contributed by atoms with Crippen LogP contribution in [0.25, 0.3) is 0 Å². The van der Waals surface area contributed by atoms with Crippen LogP contribution in [0.4, 0.5) is 5.69 Å². The van der Waals surface area contributed by atoms with Crippen molar-refractivity contribution in [1.82, 2.24) is 5.32 Å². The Morgan fingerprint density at radius 2 is 1.85 bits per heavy atom. The molecule has 1 atom stereocenters. The number of ether oxygens (including phenoxy) is 1. The second-order valence-corrected chi connectivity index (χ2v) is 5.44. The van der Waals surface area contributed by atoms with Gasteiger partial charge in [0, 0.05) is 11.7 Å². The molecule has 0 bridgehead atoms. The zero-order valence-electron chi connectivity index (χ0n) is 12.3. The average Bonchev–Trinajstić information content (AvgIpc) is 2.49.